The molecule has 0 radical (unpaired) electrons. The van der Waals surface area contributed by atoms with Gasteiger partial charge >= 0.3 is 15.9 Å². The van der Waals surface area contributed by atoms with Crippen molar-refractivity contribution in [3.63, 3.8) is 0 Å². The molecular formula is C13H16FN3O4S. The van der Waals surface area contributed by atoms with Crippen LogP contribution in [0.5, 0.6) is 0 Å². The van der Waals surface area contributed by atoms with Gasteiger partial charge in [0.25, 0.3) is 5.56 Å². The van der Waals surface area contributed by atoms with Gasteiger partial charge in [-0.05, 0) is 18.9 Å². The van der Waals surface area contributed by atoms with E-state index in [1.54, 1.807) is 6.92 Å². The molecule has 7 nitrogen and oxygen atoms in total. The second-order valence-electron chi connectivity index (χ2n) is 4.87. The molecule has 0 amide bonds. The number of aromatic nitrogens is 3. The minimum absolute atomic E-state index is 0.0663. The lowest BCUT2D eigenvalue weighted by atomic mass is 10.3. The number of rotatable bonds is 5. The van der Waals surface area contributed by atoms with Crippen molar-refractivity contribution in [1.82, 2.24) is 14.1 Å². The Morgan fingerprint density at radius 1 is 1.14 bits per heavy atom. The number of hydrogen-bond donors (Lipinski definition) is 0. The third-order valence-electron chi connectivity index (χ3n) is 3.21. The van der Waals surface area contributed by atoms with Crippen LogP contribution in [0.2, 0.25) is 0 Å². The molecule has 0 atom stereocenters. The van der Waals surface area contributed by atoms with Crippen LogP contribution in [0.25, 0.3) is 11.0 Å². The predicted octanol–water partition coefficient (Wildman–Crippen LogP) is 1.04. The highest BCUT2D eigenvalue weighted by molar-refractivity contribution is 7.86. The predicted molar refractivity (Wildman–Crippen MR) is 79.1 cm³/mol. The van der Waals surface area contributed by atoms with Crippen LogP contribution in [-0.2, 0) is 23.3 Å². The standard InChI is InChI=1S/C13H16FN3O4S/c1-3-5-16-11-10(7-9(8-15-11)22(14,20)21)12(18)17(6-4-2)13(16)19/h7-8H,3-6H2,1-2H3. The number of fused-ring (bicyclic) bond motifs is 1. The van der Waals surface area contributed by atoms with E-state index in [-0.39, 0.29) is 17.6 Å². The number of hydrogen-bond acceptors (Lipinski definition) is 5. The van der Waals surface area contributed by atoms with Gasteiger partial charge in [0.15, 0.2) is 0 Å². The molecule has 0 aromatic carbocycles. The highest BCUT2D eigenvalue weighted by Crippen LogP contribution is 2.15. The lowest BCUT2D eigenvalue weighted by molar-refractivity contribution is 0.549. The molecule has 0 aliphatic heterocycles. The normalized spacial score (nSPS) is 12.0. The fraction of sp³-hybridized carbons (Fsp3) is 0.462. The first-order valence-corrected chi connectivity index (χ1v) is 8.27. The van der Waals surface area contributed by atoms with E-state index in [1.165, 1.54) is 4.57 Å². The van der Waals surface area contributed by atoms with Gasteiger partial charge in [-0.1, -0.05) is 13.8 Å². The molecule has 0 aliphatic carbocycles. The van der Waals surface area contributed by atoms with Crippen LogP contribution < -0.4 is 11.2 Å². The SMILES string of the molecule is CCCn1c(=O)c2cc(S(=O)(=O)F)cnc2n(CCC)c1=O. The minimum Gasteiger partial charge on any atom is -0.277 e. The largest absolute Gasteiger partial charge is 0.333 e. The average Bonchev–Trinajstić information content (AvgIpc) is 2.46. The maximum Gasteiger partial charge on any atom is 0.333 e. The Balaban J connectivity index is 2.94. The molecule has 2 aromatic heterocycles. The van der Waals surface area contributed by atoms with Crippen molar-refractivity contribution in [2.75, 3.05) is 0 Å². The topological polar surface area (TPSA) is 91.0 Å². The summed E-state index contributed by atoms with van der Waals surface area (Å²) in [7, 11) is -4.97. The highest BCUT2D eigenvalue weighted by Gasteiger charge is 2.18. The molecule has 0 saturated carbocycles. The number of aryl methyl sites for hydroxylation is 1. The summed E-state index contributed by atoms with van der Waals surface area (Å²) >= 11 is 0. The lowest BCUT2D eigenvalue weighted by Gasteiger charge is -2.12. The molecule has 0 saturated heterocycles. The van der Waals surface area contributed by atoms with E-state index in [4.69, 9.17) is 0 Å². The van der Waals surface area contributed by atoms with Crippen molar-refractivity contribution in [2.45, 2.75) is 44.7 Å². The molecule has 0 spiro atoms. The van der Waals surface area contributed by atoms with E-state index in [2.05, 4.69) is 4.98 Å². The van der Waals surface area contributed by atoms with E-state index in [1.807, 2.05) is 6.92 Å². The van der Waals surface area contributed by atoms with Crippen LogP contribution in [0.15, 0.2) is 26.7 Å². The summed E-state index contributed by atoms with van der Waals surface area (Å²) in [5, 5.41) is -0.0831. The molecule has 0 N–H and O–H groups in total. The summed E-state index contributed by atoms with van der Waals surface area (Å²) in [4.78, 5) is 27.9. The molecule has 0 aliphatic rings. The molecule has 9 heteroatoms. The summed E-state index contributed by atoms with van der Waals surface area (Å²) < 4.78 is 37.4. The highest BCUT2D eigenvalue weighted by atomic mass is 32.3. The van der Waals surface area contributed by atoms with Gasteiger partial charge in [0.1, 0.15) is 10.5 Å². The fourth-order valence-electron chi connectivity index (χ4n) is 2.26. The summed E-state index contributed by atoms with van der Waals surface area (Å²) in [5.41, 5.74) is -1.09. The average molecular weight is 329 g/mol. The fourth-order valence-corrected chi connectivity index (χ4v) is 2.70. The molecule has 22 heavy (non-hydrogen) atoms. The number of pyridine rings is 1. The van der Waals surface area contributed by atoms with Crippen molar-refractivity contribution in [1.29, 1.82) is 0 Å². The second kappa shape index (κ2) is 5.99. The van der Waals surface area contributed by atoms with Crippen molar-refractivity contribution < 1.29 is 12.3 Å². The van der Waals surface area contributed by atoms with E-state index in [0.29, 0.717) is 19.4 Å². The maximum absolute atomic E-state index is 13.1. The zero-order chi connectivity index (χ0) is 16.5. The Morgan fingerprint density at radius 2 is 1.73 bits per heavy atom. The van der Waals surface area contributed by atoms with Gasteiger partial charge in [0, 0.05) is 13.1 Å². The van der Waals surface area contributed by atoms with Gasteiger partial charge in [-0.15, -0.1) is 3.89 Å². The smallest absolute Gasteiger partial charge is 0.277 e. The van der Waals surface area contributed by atoms with Crippen LogP contribution >= 0.6 is 0 Å². The third-order valence-corrected chi connectivity index (χ3v) is 4.00. The minimum atomic E-state index is -4.97. The van der Waals surface area contributed by atoms with Crippen molar-refractivity contribution in [2.24, 2.45) is 0 Å². The molecule has 2 heterocycles. The lowest BCUT2D eigenvalue weighted by Crippen LogP contribution is -2.40. The molecule has 2 rings (SSSR count). The van der Waals surface area contributed by atoms with Gasteiger partial charge in [0.2, 0.25) is 0 Å². The van der Waals surface area contributed by atoms with E-state index in [9.17, 15) is 21.9 Å². The van der Waals surface area contributed by atoms with Gasteiger partial charge in [-0.25, -0.2) is 9.78 Å². The summed E-state index contributed by atoms with van der Waals surface area (Å²) in [5.74, 6) is 0. The Bertz CT molecular complexity index is 931. The van der Waals surface area contributed by atoms with Crippen molar-refractivity contribution >= 4 is 21.3 Å². The van der Waals surface area contributed by atoms with Crippen molar-refractivity contribution in [3.05, 3.63) is 33.1 Å². The van der Waals surface area contributed by atoms with Gasteiger partial charge in [-0.2, -0.15) is 8.42 Å². The zero-order valence-electron chi connectivity index (χ0n) is 12.2. The van der Waals surface area contributed by atoms with Gasteiger partial charge in [0.05, 0.1) is 11.6 Å². The van der Waals surface area contributed by atoms with Crippen LogP contribution in [-0.4, -0.2) is 22.5 Å². The van der Waals surface area contributed by atoms with Gasteiger partial charge in [-0.3, -0.25) is 13.9 Å². The first kappa shape index (κ1) is 16.3. The Morgan fingerprint density at radius 3 is 2.27 bits per heavy atom. The first-order valence-electron chi connectivity index (χ1n) is 6.89. The van der Waals surface area contributed by atoms with E-state index >= 15 is 0 Å². The van der Waals surface area contributed by atoms with Crippen LogP contribution in [0.3, 0.4) is 0 Å². The summed E-state index contributed by atoms with van der Waals surface area (Å²) in [6.07, 6.45) is 2.00. The monoisotopic (exact) mass is 329 g/mol. The van der Waals surface area contributed by atoms with Crippen LogP contribution in [0.1, 0.15) is 26.7 Å². The van der Waals surface area contributed by atoms with Gasteiger partial charge < -0.3 is 0 Å². The Hall–Kier alpha value is -2.03. The van der Waals surface area contributed by atoms with Crippen LogP contribution in [0.4, 0.5) is 3.89 Å². The Labute approximate surface area is 126 Å². The maximum atomic E-state index is 13.1. The third kappa shape index (κ3) is 2.80. The molecule has 0 fully saturated rings. The quantitative estimate of drug-likeness (QED) is 0.764. The van der Waals surface area contributed by atoms with E-state index in [0.717, 1.165) is 16.8 Å². The molecule has 0 unspecified atom stereocenters. The summed E-state index contributed by atoms with van der Waals surface area (Å²) in [6, 6.07) is 0.928. The molecule has 0 bridgehead atoms. The second-order valence-corrected chi connectivity index (χ2v) is 6.22. The molecule has 2 aromatic rings. The molecular weight excluding hydrogens is 313 g/mol. The number of nitrogens with zero attached hydrogens (tertiary/aromatic N) is 3. The molecule has 120 valence electrons. The Kier molecular flexibility index (Phi) is 4.45. The number of halogens is 1. The van der Waals surface area contributed by atoms with Crippen molar-refractivity contribution in [3.8, 4) is 0 Å². The van der Waals surface area contributed by atoms with Crippen LogP contribution in [0, 0.1) is 0 Å². The first-order chi connectivity index (χ1) is 10.3. The van der Waals surface area contributed by atoms with E-state index < -0.39 is 26.4 Å². The zero-order valence-corrected chi connectivity index (χ0v) is 13.1. The summed E-state index contributed by atoms with van der Waals surface area (Å²) in [6.45, 7) is 4.19.